The van der Waals surface area contributed by atoms with Crippen molar-refractivity contribution < 1.29 is 14.3 Å². The minimum Gasteiger partial charge on any atom is -0.456 e. The Kier molecular flexibility index (Phi) is 7.50. The van der Waals surface area contributed by atoms with Gasteiger partial charge >= 0.3 is 5.97 Å². The molecule has 7 aromatic rings. The summed E-state index contributed by atoms with van der Waals surface area (Å²) in [5.41, 5.74) is 6.48. The lowest BCUT2D eigenvalue weighted by Crippen LogP contribution is -2.34. The van der Waals surface area contributed by atoms with Crippen LogP contribution in [0.1, 0.15) is 52.0 Å². The Morgan fingerprint density at radius 3 is 1.80 bits per heavy atom. The summed E-state index contributed by atoms with van der Waals surface area (Å²) >= 11 is 0. The highest BCUT2D eigenvalue weighted by atomic mass is 16.6. The summed E-state index contributed by atoms with van der Waals surface area (Å²) in [6.45, 7) is 7.41. The summed E-state index contributed by atoms with van der Waals surface area (Å²) in [5.74, 6) is 1.06. The van der Waals surface area contributed by atoms with Crippen LogP contribution in [0, 0.1) is 0 Å². The van der Waals surface area contributed by atoms with Gasteiger partial charge in [-0.15, -0.1) is 0 Å². The van der Waals surface area contributed by atoms with Crippen molar-refractivity contribution in [2.45, 2.75) is 32.5 Å². The van der Waals surface area contributed by atoms with Crippen LogP contribution in [0.4, 0.5) is 11.4 Å². The Labute approximate surface area is 298 Å². The zero-order valence-corrected chi connectivity index (χ0v) is 28.8. The number of carbonyl (C=O) groups excluding carboxylic acids is 1. The Balaban J connectivity index is 1.23. The van der Waals surface area contributed by atoms with E-state index in [9.17, 15) is 4.79 Å². The average molecular weight is 667 g/mol. The number of hydrogen-bond donors (Lipinski definition) is 0. The molecule has 0 radical (unpaired) electrons. The van der Waals surface area contributed by atoms with Crippen LogP contribution < -0.4 is 14.5 Å². The zero-order valence-electron chi connectivity index (χ0n) is 28.8. The van der Waals surface area contributed by atoms with Crippen LogP contribution in [0.3, 0.4) is 0 Å². The summed E-state index contributed by atoms with van der Waals surface area (Å²) < 4.78 is 13.3. The third kappa shape index (κ3) is 5.03. The molecule has 2 aliphatic rings. The lowest BCUT2D eigenvalue weighted by atomic mass is 9.77. The number of anilines is 2. The van der Waals surface area contributed by atoms with Crippen molar-refractivity contribution >= 4 is 38.9 Å². The molecule has 1 spiro atoms. The van der Waals surface area contributed by atoms with Crippen molar-refractivity contribution in [1.82, 2.24) is 0 Å². The molecule has 1 unspecified atom stereocenters. The maximum absolute atomic E-state index is 13.7. The van der Waals surface area contributed by atoms with Crippen LogP contribution in [0.25, 0.3) is 21.5 Å². The first-order valence-corrected chi connectivity index (χ1v) is 17.8. The van der Waals surface area contributed by atoms with E-state index in [0.717, 1.165) is 41.2 Å². The number of ether oxygens (including phenoxy) is 2. The van der Waals surface area contributed by atoms with Gasteiger partial charge in [0.05, 0.1) is 5.56 Å². The molecule has 0 saturated heterocycles. The normalized spacial score (nSPS) is 15.6. The van der Waals surface area contributed by atoms with Crippen LogP contribution in [0.2, 0.25) is 0 Å². The largest absolute Gasteiger partial charge is 0.456 e. The third-order valence-electron chi connectivity index (χ3n) is 10.7. The van der Waals surface area contributed by atoms with E-state index in [-0.39, 0.29) is 5.97 Å². The Morgan fingerprint density at radius 1 is 0.529 bits per heavy atom. The van der Waals surface area contributed by atoms with Crippen LogP contribution in [-0.2, 0) is 23.4 Å². The first-order chi connectivity index (χ1) is 25.1. The number of esters is 1. The Bertz CT molecular complexity index is 2370. The fourth-order valence-electron chi connectivity index (χ4n) is 8.14. The fraction of sp³-hybridized carbons (Fsp3) is 0.152. The molecule has 0 saturated carbocycles. The van der Waals surface area contributed by atoms with E-state index in [2.05, 4.69) is 139 Å². The van der Waals surface area contributed by atoms with E-state index >= 15 is 0 Å². The molecule has 0 aliphatic carbocycles. The maximum atomic E-state index is 13.7. The van der Waals surface area contributed by atoms with Gasteiger partial charge < -0.3 is 19.3 Å². The van der Waals surface area contributed by atoms with Gasteiger partial charge in [-0.25, -0.2) is 4.79 Å². The van der Waals surface area contributed by atoms with E-state index in [1.54, 1.807) is 0 Å². The van der Waals surface area contributed by atoms with Gasteiger partial charge in [-0.05, 0) is 82.9 Å². The highest BCUT2D eigenvalue weighted by molar-refractivity contribution is 5.97. The molecule has 5 nitrogen and oxygen atoms in total. The highest BCUT2D eigenvalue weighted by Crippen LogP contribution is 2.57. The Morgan fingerprint density at radius 2 is 1.12 bits per heavy atom. The van der Waals surface area contributed by atoms with Gasteiger partial charge in [0, 0.05) is 60.3 Å². The van der Waals surface area contributed by atoms with Crippen molar-refractivity contribution in [2.75, 3.05) is 22.9 Å². The molecular formula is C46H38N2O3. The first-order valence-electron chi connectivity index (χ1n) is 17.8. The van der Waals surface area contributed by atoms with Crippen molar-refractivity contribution in [3.63, 3.8) is 0 Å². The van der Waals surface area contributed by atoms with Crippen molar-refractivity contribution in [2.24, 2.45) is 0 Å². The van der Waals surface area contributed by atoms with E-state index in [1.807, 2.05) is 30.3 Å². The predicted molar refractivity (Wildman–Crippen MR) is 206 cm³/mol. The van der Waals surface area contributed by atoms with Crippen LogP contribution in [0.15, 0.2) is 146 Å². The molecule has 0 amide bonds. The fourth-order valence-corrected chi connectivity index (χ4v) is 8.14. The number of nitrogens with zero attached hydrogens (tertiary/aromatic N) is 2. The van der Waals surface area contributed by atoms with E-state index in [1.165, 1.54) is 32.7 Å². The Hall–Kier alpha value is -6.07. The smallest absolute Gasteiger partial charge is 0.340 e. The molecule has 0 bridgehead atoms. The lowest BCUT2D eigenvalue weighted by Gasteiger charge is -2.38. The van der Waals surface area contributed by atoms with Crippen molar-refractivity contribution in [3.8, 4) is 11.5 Å². The van der Waals surface area contributed by atoms with Crippen molar-refractivity contribution in [1.29, 1.82) is 0 Å². The molecule has 2 heterocycles. The minimum atomic E-state index is -1.15. The number of rotatable bonds is 8. The molecule has 2 aliphatic heterocycles. The van der Waals surface area contributed by atoms with Gasteiger partial charge in [0.25, 0.3) is 0 Å². The van der Waals surface area contributed by atoms with Gasteiger partial charge in [-0.2, -0.15) is 0 Å². The number of fused-ring (bicyclic) bond motifs is 8. The monoisotopic (exact) mass is 666 g/mol. The standard InChI is InChI=1S/C46H38N2O3/c1-3-47(4-2)36-23-25-41-44(28-36)50-43-26-24-35(27-42(43)46(41)40-22-10-9-21-39(40)45(49)51-46)48(29-33-17-11-15-31-13-5-7-19-37(31)33)30-34-18-12-16-32-14-6-8-20-38(32)34/h5-28H,3-4,29-30H2,1-2H3. The molecule has 0 N–H and O–H groups in total. The van der Waals surface area contributed by atoms with Crippen LogP contribution in [0.5, 0.6) is 11.5 Å². The summed E-state index contributed by atoms with van der Waals surface area (Å²) in [5, 5.41) is 4.90. The zero-order chi connectivity index (χ0) is 34.5. The lowest BCUT2D eigenvalue weighted by molar-refractivity contribution is 0.0224. The van der Waals surface area contributed by atoms with Gasteiger partial charge in [-0.1, -0.05) is 103 Å². The first kappa shape index (κ1) is 30.9. The molecule has 1 atom stereocenters. The van der Waals surface area contributed by atoms with Gasteiger partial charge in [0.15, 0.2) is 5.60 Å². The van der Waals surface area contributed by atoms with Crippen LogP contribution in [-0.4, -0.2) is 19.1 Å². The van der Waals surface area contributed by atoms with E-state index in [0.29, 0.717) is 30.2 Å². The summed E-state index contributed by atoms with van der Waals surface area (Å²) in [6, 6.07) is 50.6. The summed E-state index contributed by atoms with van der Waals surface area (Å²) in [6.07, 6.45) is 0. The number of hydrogen-bond acceptors (Lipinski definition) is 5. The van der Waals surface area contributed by atoms with Gasteiger partial charge in [0.2, 0.25) is 0 Å². The quantitative estimate of drug-likeness (QED) is 0.151. The molecule has 51 heavy (non-hydrogen) atoms. The van der Waals surface area contributed by atoms with Crippen molar-refractivity contribution in [3.05, 3.63) is 179 Å². The molecule has 9 rings (SSSR count). The molecule has 0 aromatic heterocycles. The average Bonchev–Trinajstić information content (AvgIpc) is 3.47. The van der Waals surface area contributed by atoms with E-state index < -0.39 is 5.60 Å². The molecule has 250 valence electrons. The minimum absolute atomic E-state index is 0.328. The highest BCUT2D eigenvalue weighted by Gasteiger charge is 2.53. The second-order valence-corrected chi connectivity index (χ2v) is 13.4. The SMILES string of the molecule is CCN(CC)c1ccc2c(c1)Oc1ccc(N(Cc3cccc4ccccc34)Cc3cccc4ccccc34)cc1C21OC(=O)c2ccccc21. The number of benzene rings is 7. The third-order valence-corrected chi connectivity index (χ3v) is 10.7. The second-order valence-electron chi connectivity index (χ2n) is 13.4. The molecule has 5 heteroatoms. The topological polar surface area (TPSA) is 42.0 Å². The predicted octanol–water partition coefficient (Wildman–Crippen LogP) is 10.6. The maximum Gasteiger partial charge on any atom is 0.340 e. The van der Waals surface area contributed by atoms with Gasteiger partial charge in [-0.3, -0.25) is 0 Å². The molecule has 0 fully saturated rings. The summed E-state index contributed by atoms with van der Waals surface area (Å²) in [4.78, 5) is 18.4. The second kappa shape index (κ2) is 12.4. The van der Waals surface area contributed by atoms with E-state index in [4.69, 9.17) is 9.47 Å². The number of carbonyl (C=O) groups is 1. The van der Waals surface area contributed by atoms with Crippen LogP contribution >= 0.6 is 0 Å². The summed E-state index contributed by atoms with van der Waals surface area (Å²) in [7, 11) is 0. The van der Waals surface area contributed by atoms with Gasteiger partial charge in [0.1, 0.15) is 11.5 Å². The molecule has 7 aromatic carbocycles. The molecular weight excluding hydrogens is 629 g/mol.